The van der Waals surface area contributed by atoms with Gasteiger partial charge in [0, 0.05) is 11.6 Å². The summed E-state index contributed by atoms with van der Waals surface area (Å²) in [6.45, 7) is 1.77. The smallest absolute Gasteiger partial charge is 0.204 e. The highest BCUT2D eigenvalue weighted by molar-refractivity contribution is 7.13. The van der Waals surface area contributed by atoms with Crippen molar-refractivity contribution < 1.29 is 13.6 Å². The maximum Gasteiger partial charge on any atom is 0.204 e. The van der Waals surface area contributed by atoms with E-state index >= 15 is 0 Å². The Morgan fingerprint density at radius 1 is 1.24 bits per heavy atom. The maximum atomic E-state index is 13.0. The number of halogens is 3. The Morgan fingerprint density at radius 2 is 1.82 bits per heavy atom. The van der Waals surface area contributed by atoms with Crippen LogP contribution in [0.4, 0.5) is 8.78 Å². The van der Waals surface area contributed by atoms with Crippen LogP contribution < -0.4 is 0 Å². The van der Waals surface area contributed by atoms with Crippen LogP contribution in [0.5, 0.6) is 0 Å². The molecule has 0 radical (unpaired) electrons. The van der Waals surface area contributed by atoms with Gasteiger partial charge in [0.05, 0.1) is 9.90 Å². The molecular formula is C12H7ClF2OS. The molecule has 0 aliphatic rings. The van der Waals surface area contributed by atoms with E-state index in [0.29, 0.717) is 9.90 Å². The van der Waals surface area contributed by atoms with Crippen molar-refractivity contribution in [2.24, 2.45) is 0 Å². The Labute approximate surface area is 106 Å². The Kier molecular flexibility index (Phi) is 3.26. The molecule has 0 aliphatic heterocycles. The minimum Gasteiger partial charge on any atom is -0.288 e. The zero-order valence-corrected chi connectivity index (χ0v) is 10.3. The Balaban J connectivity index is 2.47. The molecule has 0 N–H and O–H groups in total. The molecule has 1 aromatic carbocycles. The van der Waals surface area contributed by atoms with Gasteiger partial charge in [-0.2, -0.15) is 0 Å². The number of hydrogen-bond donors (Lipinski definition) is 0. The van der Waals surface area contributed by atoms with Gasteiger partial charge in [0.25, 0.3) is 0 Å². The quantitative estimate of drug-likeness (QED) is 0.748. The average Bonchev–Trinajstić information content (AvgIpc) is 2.57. The van der Waals surface area contributed by atoms with E-state index < -0.39 is 17.4 Å². The van der Waals surface area contributed by atoms with Crippen molar-refractivity contribution in [3.8, 4) is 0 Å². The van der Waals surface area contributed by atoms with Gasteiger partial charge in [-0.1, -0.05) is 11.6 Å². The second-order valence-electron chi connectivity index (χ2n) is 3.55. The average molecular weight is 273 g/mol. The van der Waals surface area contributed by atoms with Gasteiger partial charge in [-0.15, -0.1) is 11.3 Å². The largest absolute Gasteiger partial charge is 0.288 e. The lowest BCUT2D eigenvalue weighted by molar-refractivity contribution is 0.104. The predicted octanol–water partition coefficient (Wildman–Crippen LogP) is 4.22. The van der Waals surface area contributed by atoms with Crippen LogP contribution in [0.25, 0.3) is 0 Å². The number of aryl methyl sites for hydroxylation is 1. The van der Waals surface area contributed by atoms with Crippen molar-refractivity contribution in [1.29, 1.82) is 0 Å². The molecule has 1 aromatic heterocycles. The number of hydrogen-bond acceptors (Lipinski definition) is 2. The SMILES string of the molecule is Cc1csc(C(=O)c2cc(F)cc(F)c2)c1Cl. The highest BCUT2D eigenvalue weighted by atomic mass is 35.5. The van der Waals surface area contributed by atoms with E-state index in [2.05, 4.69) is 0 Å². The second-order valence-corrected chi connectivity index (χ2v) is 4.81. The third-order valence-electron chi connectivity index (χ3n) is 2.23. The molecule has 88 valence electrons. The third-order valence-corrected chi connectivity index (χ3v) is 3.93. The van der Waals surface area contributed by atoms with Crippen LogP contribution in [0.15, 0.2) is 23.6 Å². The highest BCUT2D eigenvalue weighted by Gasteiger charge is 2.17. The van der Waals surface area contributed by atoms with Gasteiger partial charge in [-0.05, 0) is 30.0 Å². The van der Waals surface area contributed by atoms with Gasteiger partial charge in [-0.25, -0.2) is 8.78 Å². The lowest BCUT2D eigenvalue weighted by Gasteiger charge is -2.00. The van der Waals surface area contributed by atoms with Crippen molar-refractivity contribution in [3.63, 3.8) is 0 Å². The van der Waals surface area contributed by atoms with Crippen LogP contribution in [0.1, 0.15) is 20.8 Å². The fourth-order valence-corrected chi connectivity index (χ4v) is 2.64. The van der Waals surface area contributed by atoms with Gasteiger partial charge in [-0.3, -0.25) is 4.79 Å². The molecule has 5 heteroatoms. The first-order valence-electron chi connectivity index (χ1n) is 4.73. The van der Waals surface area contributed by atoms with E-state index in [0.717, 1.165) is 35.1 Å². The lowest BCUT2D eigenvalue weighted by atomic mass is 10.1. The Hall–Kier alpha value is -1.26. The minimum absolute atomic E-state index is 0.0359. The van der Waals surface area contributed by atoms with Crippen molar-refractivity contribution in [2.75, 3.05) is 0 Å². The normalized spacial score (nSPS) is 10.6. The zero-order valence-electron chi connectivity index (χ0n) is 8.76. The standard InChI is InChI=1S/C12H7ClF2OS/c1-6-5-17-12(10(6)13)11(16)7-2-8(14)4-9(15)3-7/h2-5H,1H3. The van der Waals surface area contributed by atoms with Gasteiger partial charge in [0.2, 0.25) is 5.78 Å². The fraction of sp³-hybridized carbons (Fsp3) is 0.0833. The summed E-state index contributed by atoms with van der Waals surface area (Å²) in [5, 5.41) is 2.07. The number of benzene rings is 1. The van der Waals surface area contributed by atoms with Crippen molar-refractivity contribution in [3.05, 3.63) is 56.2 Å². The fourth-order valence-electron chi connectivity index (χ4n) is 1.40. The summed E-state index contributed by atoms with van der Waals surface area (Å²) >= 11 is 7.10. The first-order chi connectivity index (χ1) is 7.99. The summed E-state index contributed by atoms with van der Waals surface area (Å²) in [4.78, 5) is 12.3. The number of rotatable bonds is 2. The van der Waals surface area contributed by atoms with Gasteiger partial charge in [0.1, 0.15) is 11.6 Å². The molecule has 0 spiro atoms. The number of carbonyl (C=O) groups excluding carboxylic acids is 1. The van der Waals surface area contributed by atoms with Crippen LogP contribution in [0, 0.1) is 18.6 Å². The maximum absolute atomic E-state index is 13.0. The van der Waals surface area contributed by atoms with Crippen molar-refractivity contribution >= 4 is 28.7 Å². The number of thiophene rings is 1. The molecule has 0 saturated heterocycles. The monoisotopic (exact) mass is 272 g/mol. The molecule has 1 nitrogen and oxygen atoms in total. The Bertz CT molecular complexity index is 572. The van der Waals surface area contributed by atoms with Gasteiger partial charge in [0.15, 0.2) is 0 Å². The molecule has 17 heavy (non-hydrogen) atoms. The van der Waals surface area contributed by atoms with E-state index in [1.165, 1.54) is 0 Å². The summed E-state index contributed by atoms with van der Waals surface area (Å²) in [6.07, 6.45) is 0. The van der Waals surface area contributed by atoms with E-state index in [1.807, 2.05) is 0 Å². The summed E-state index contributed by atoms with van der Waals surface area (Å²) in [5.74, 6) is -2.03. The zero-order chi connectivity index (χ0) is 12.6. The summed E-state index contributed by atoms with van der Waals surface area (Å²) in [6, 6.07) is 2.71. The summed E-state index contributed by atoms with van der Waals surface area (Å²) in [5.41, 5.74) is 0.739. The first-order valence-corrected chi connectivity index (χ1v) is 5.99. The molecule has 0 fully saturated rings. The van der Waals surface area contributed by atoms with Crippen molar-refractivity contribution in [2.45, 2.75) is 6.92 Å². The lowest BCUT2D eigenvalue weighted by Crippen LogP contribution is -2.01. The Morgan fingerprint density at radius 3 is 2.29 bits per heavy atom. The van der Waals surface area contributed by atoms with Crippen LogP contribution in [0.2, 0.25) is 5.02 Å². The molecule has 0 unspecified atom stereocenters. The van der Waals surface area contributed by atoms with Crippen molar-refractivity contribution in [1.82, 2.24) is 0 Å². The summed E-state index contributed by atoms with van der Waals surface area (Å²) < 4.78 is 26.0. The van der Waals surface area contributed by atoms with Crippen LogP contribution >= 0.6 is 22.9 Å². The molecule has 2 aromatic rings. The third kappa shape index (κ3) is 2.37. The van der Waals surface area contributed by atoms with E-state index in [1.54, 1.807) is 12.3 Å². The highest BCUT2D eigenvalue weighted by Crippen LogP contribution is 2.29. The molecule has 0 bridgehead atoms. The van der Waals surface area contributed by atoms with Crippen LogP contribution in [0.3, 0.4) is 0 Å². The molecule has 0 atom stereocenters. The molecule has 2 rings (SSSR count). The first kappa shape index (κ1) is 12.2. The van der Waals surface area contributed by atoms with Crippen LogP contribution in [-0.4, -0.2) is 5.78 Å². The minimum atomic E-state index is -0.780. The molecule has 0 aliphatic carbocycles. The second kappa shape index (κ2) is 4.55. The molecule has 0 amide bonds. The van der Waals surface area contributed by atoms with E-state index in [9.17, 15) is 13.6 Å². The van der Waals surface area contributed by atoms with Crippen LogP contribution in [-0.2, 0) is 0 Å². The summed E-state index contributed by atoms with van der Waals surface area (Å²) in [7, 11) is 0. The molecule has 0 saturated carbocycles. The predicted molar refractivity (Wildman–Crippen MR) is 63.9 cm³/mol. The number of carbonyl (C=O) groups is 1. The van der Waals surface area contributed by atoms with Gasteiger partial charge < -0.3 is 0 Å². The number of ketones is 1. The van der Waals surface area contributed by atoms with E-state index in [4.69, 9.17) is 11.6 Å². The topological polar surface area (TPSA) is 17.1 Å². The molecule has 1 heterocycles. The van der Waals surface area contributed by atoms with E-state index in [-0.39, 0.29) is 5.56 Å². The molecular weight excluding hydrogens is 266 g/mol. The van der Waals surface area contributed by atoms with Gasteiger partial charge >= 0.3 is 0 Å².